The van der Waals surface area contributed by atoms with E-state index in [2.05, 4.69) is 86.9 Å². The Morgan fingerprint density at radius 3 is 2.65 bits per heavy atom. The Morgan fingerprint density at radius 2 is 1.95 bits per heavy atom. The Bertz CT molecular complexity index is 1370. The lowest BCUT2D eigenvalue weighted by Crippen LogP contribution is -2.40. The van der Waals surface area contributed by atoms with Crippen LogP contribution in [0.4, 0.5) is 0 Å². The van der Waals surface area contributed by atoms with E-state index in [9.17, 15) is 4.79 Å². The minimum absolute atomic E-state index is 0.135. The number of nitrogens with one attached hydrogen (secondary N) is 1. The van der Waals surface area contributed by atoms with Crippen molar-refractivity contribution in [3.8, 4) is 11.4 Å². The Hall–Kier alpha value is -3.29. The first-order chi connectivity index (χ1) is 19.3. The molecular weight excluding hydrogens is 498 g/mol. The molecule has 8 heteroatoms. The van der Waals surface area contributed by atoms with E-state index in [1.807, 2.05) is 24.5 Å². The van der Waals surface area contributed by atoms with E-state index in [0.717, 1.165) is 48.9 Å². The number of hydrogen-bond acceptors (Lipinski definition) is 5. The molecule has 0 amide bonds. The predicted molar refractivity (Wildman–Crippen MR) is 161 cm³/mol. The second kappa shape index (κ2) is 12.1. The number of hydrogen-bond donors (Lipinski definition) is 1. The predicted octanol–water partition coefficient (Wildman–Crippen LogP) is 6.66. The van der Waals surface area contributed by atoms with Gasteiger partial charge in [-0.25, -0.2) is 4.79 Å². The van der Waals surface area contributed by atoms with Crippen LogP contribution < -0.4 is 5.69 Å². The van der Waals surface area contributed by atoms with E-state index < -0.39 is 5.41 Å². The van der Waals surface area contributed by atoms with Crippen LogP contribution in [-0.2, 0) is 18.4 Å². The summed E-state index contributed by atoms with van der Waals surface area (Å²) in [4.78, 5) is 18.9. The van der Waals surface area contributed by atoms with Crippen LogP contribution in [0.3, 0.4) is 0 Å². The summed E-state index contributed by atoms with van der Waals surface area (Å²) in [7, 11) is 0. The number of aromatic nitrogens is 6. The molecule has 3 heterocycles. The molecule has 2 aromatic heterocycles. The van der Waals surface area contributed by atoms with Crippen molar-refractivity contribution >= 4 is 6.21 Å². The number of unbranched alkanes of at least 4 members (excludes halogenated alkanes) is 1. The van der Waals surface area contributed by atoms with Gasteiger partial charge in [-0.15, -0.1) is 10.2 Å². The van der Waals surface area contributed by atoms with Crippen LogP contribution in [0.5, 0.6) is 0 Å². The molecular formula is C32H45N7O. The summed E-state index contributed by atoms with van der Waals surface area (Å²) in [6, 6.07) is 8.55. The molecule has 0 bridgehead atoms. The first-order valence-corrected chi connectivity index (χ1v) is 15.2. The van der Waals surface area contributed by atoms with Gasteiger partial charge < -0.3 is 0 Å². The van der Waals surface area contributed by atoms with Gasteiger partial charge in [0.1, 0.15) is 0 Å². The first-order valence-electron chi connectivity index (χ1n) is 15.2. The number of tetrazole rings is 1. The zero-order valence-electron chi connectivity index (χ0n) is 24.6. The van der Waals surface area contributed by atoms with E-state index in [0.29, 0.717) is 18.3 Å². The fourth-order valence-corrected chi connectivity index (χ4v) is 6.81. The molecule has 0 radical (unpaired) electrons. The highest BCUT2D eigenvalue weighted by Gasteiger charge is 2.37. The molecule has 214 valence electrons. The summed E-state index contributed by atoms with van der Waals surface area (Å²) in [6.45, 7) is 9.84. The van der Waals surface area contributed by atoms with Crippen molar-refractivity contribution in [1.29, 1.82) is 0 Å². The molecule has 2 aliphatic rings. The summed E-state index contributed by atoms with van der Waals surface area (Å²) in [5.41, 5.74) is 3.05. The van der Waals surface area contributed by atoms with Crippen molar-refractivity contribution < 1.29 is 0 Å². The van der Waals surface area contributed by atoms with E-state index in [-0.39, 0.29) is 17.1 Å². The number of aryl methyl sites for hydroxylation is 1. The third kappa shape index (κ3) is 5.91. The van der Waals surface area contributed by atoms with Gasteiger partial charge in [0.25, 0.3) is 0 Å². The summed E-state index contributed by atoms with van der Waals surface area (Å²) in [6.07, 6.45) is 19.3. The molecule has 8 nitrogen and oxygen atoms in total. The monoisotopic (exact) mass is 543 g/mol. The average molecular weight is 544 g/mol. The van der Waals surface area contributed by atoms with Crippen LogP contribution in [0, 0.1) is 11.3 Å². The first kappa shape index (κ1) is 28.2. The van der Waals surface area contributed by atoms with Crippen molar-refractivity contribution in [2.75, 3.05) is 0 Å². The zero-order chi connectivity index (χ0) is 28.2. The van der Waals surface area contributed by atoms with Crippen molar-refractivity contribution in [3.63, 3.8) is 0 Å². The highest BCUT2D eigenvalue weighted by Crippen LogP contribution is 2.43. The zero-order valence-corrected chi connectivity index (χ0v) is 24.6. The van der Waals surface area contributed by atoms with Crippen molar-refractivity contribution in [2.24, 2.45) is 16.3 Å². The number of imidazole rings is 1. The Labute approximate surface area is 238 Å². The Kier molecular flexibility index (Phi) is 8.52. The molecule has 3 aromatic rings. The molecule has 5 rings (SSSR count). The van der Waals surface area contributed by atoms with Crippen molar-refractivity contribution in [2.45, 2.75) is 110 Å². The van der Waals surface area contributed by atoms with Gasteiger partial charge in [0.2, 0.25) is 5.82 Å². The van der Waals surface area contributed by atoms with E-state index in [1.54, 1.807) is 0 Å². The average Bonchev–Trinajstić information content (AvgIpc) is 3.57. The third-order valence-electron chi connectivity index (χ3n) is 9.09. The standard InChI is InChI=1S/C32H45N7O/c1-5-6-14-26-22-38(28-16-10-8-7-9-15-27(28)31(2,3)4)30(40)39(26)23-32(17-19-33-20-18-32)25-13-11-12-24(21-25)29-34-36-37-35-29/h11-13,17,19-22,27-28H,5-10,14-16,18,23H2,1-4H3,(H,34,35,36,37). The molecule has 1 aromatic carbocycles. The number of rotatable bonds is 8. The molecule has 0 spiro atoms. The van der Waals surface area contributed by atoms with Gasteiger partial charge in [-0.2, -0.15) is 5.21 Å². The lowest BCUT2D eigenvalue weighted by Gasteiger charge is -2.39. The maximum absolute atomic E-state index is 14.5. The fourth-order valence-electron chi connectivity index (χ4n) is 6.81. The van der Waals surface area contributed by atoms with Crippen LogP contribution in [0.2, 0.25) is 0 Å². The largest absolute Gasteiger partial charge is 0.328 e. The van der Waals surface area contributed by atoms with Gasteiger partial charge in [0, 0.05) is 47.9 Å². The Morgan fingerprint density at radius 1 is 1.12 bits per heavy atom. The lowest BCUT2D eigenvalue weighted by atomic mass is 9.71. The number of benzene rings is 1. The molecule has 3 atom stereocenters. The highest BCUT2D eigenvalue weighted by molar-refractivity contribution is 5.65. The van der Waals surface area contributed by atoms with Crippen LogP contribution in [-0.4, -0.2) is 36.0 Å². The molecule has 1 aliphatic carbocycles. The van der Waals surface area contributed by atoms with Gasteiger partial charge >= 0.3 is 5.69 Å². The van der Waals surface area contributed by atoms with Crippen molar-refractivity contribution in [3.05, 3.63) is 64.5 Å². The van der Waals surface area contributed by atoms with Crippen molar-refractivity contribution in [1.82, 2.24) is 29.8 Å². The number of H-pyrrole nitrogens is 1. The van der Waals surface area contributed by atoms with Gasteiger partial charge in [-0.3, -0.25) is 14.1 Å². The second-order valence-corrected chi connectivity index (χ2v) is 12.9. The lowest BCUT2D eigenvalue weighted by molar-refractivity contribution is 0.126. The topological polar surface area (TPSA) is 93.8 Å². The smallest absolute Gasteiger partial charge is 0.296 e. The molecule has 1 aliphatic heterocycles. The van der Waals surface area contributed by atoms with Crippen LogP contribution in [0.15, 0.2) is 52.5 Å². The molecule has 1 N–H and O–H groups in total. The normalized spacial score (nSPS) is 23.7. The minimum atomic E-state index is -0.400. The highest BCUT2D eigenvalue weighted by atomic mass is 16.1. The van der Waals surface area contributed by atoms with Crippen LogP contribution >= 0.6 is 0 Å². The Balaban J connectivity index is 1.58. The SMILES string of the molecule is CCCCc1cn(C2CCCCCCC2C(C)(C)C)c(=O)n1CC1(c2cccc(-c3nn[nH]n3)c2)C=CN=CC1. The molecule has 1 saturated carbocycles. The molecule has 0 saturated heterocycles. The van der Waals surface area contributed by atoms with Crippen LogP contribution in [0.1, 0.15) is 103 Å². The second-order valence-electron chi connectivity index (χ2n) is 12.9. The van der Waals surface area contributed by atoms with E-state index in [4.69, 9.17) is 0 Å². The maximum Gasteiger partial charge on any atom is 0.328 e. The number of allylic oxidation sites excluding steroid dienone is 1. The summed E-state index contributed by atoms with van der Waals surface area (Å²) in [5, 5.41) is 14.7. The van der Waals surface area contributed by atoms with Gasteiger partial charge in [0.15, 0.2) is 0 Å². The molecule has 1 fully saturated rings. The number of aromatic amines is 1. The third-order valence-corrected chi connectivity index (χ3v) is 9.09. The van der Waals surface area contributed by atoms with Gasteiger partial charge in [-0.1, -0.05) is 84.1 Å². The van der Waals surface area contributed by atoms with Crippen LogP contribution in [0.25, 0.3) is 11.4 Å². The molecule has 3 unspecified atom stereocenters. The number of aliphatic imine (C=N–C) groups is 1. The van der Waals surface area contributed by atoms with E-state index in [1.165, 1.54) is 32.1 Å². The van der Waals surface area contributed by atoms with E-state index >= 15 is 0 Å². The maximum atomic E-state index is 14.5. The minimum Gasteiger partial charge on any atom is -0.296 e. The number of nitrogens with zero attached hydrogens (tertiary/aromatic N) is 6. The summed E-state index contributed by atoms with van der Waals surface area (Å²) >= 11 is 0. The quantitative estimate of drug-likeness (QED) is 0.344. The van der Waals surface area contributed by atoms with Gasteiger partial charge in [-0.05, 0) is 60.3 Å². The fraction of sp³-hybridized carbons (Fsp3) is 0.594. The molecule has 40 heavy (non-hydrogen) atoms. The summed E-state index contributed by atoms with van der Waals surface area (Å²) < 4.78 is 4.22. The van der Waals surface area contributed by atoms with Gasteiger partial charge in [0.05, 0.1) is 0 Å². The summed E-state index contributed by atoms with van der Waals surface area (Å²) in [5.74, 6) is 1.04.